The Morgan fingerprint density at radius 3 is 2.47 bits per heavy atom. The van der Waals surface area contributed by atoms with E-state index in [-0.39, 0.29) is 23.0 Å². The predicted molar refractivity (Wildman–Crippen MR) is 61.9 cm³/mol. The van der Waals surface area contributed by atoms with Crippen LogP contribution < -0.4 is 26.3 Å². The molecule has 0 amide bonds. The fraction of sp³-hybridized carbons (Fsp3) is 0.455. The summed E-state index contributed by atoms with van der Waals surface area (Å²) < 4.78 is 8.20. The number of halogens is 1. The van der Waals surface area contributed by atoms with Gasteiger partial charge in [-0.2, -0.15) is 0 Å². The molecule has 0 saturated heterocycles. The van der Waals surface area contributed by atoms with Crippen molar-refractivity contribution in [1.29, 1.82) is 0 Å². The molecule has 2 N–H and O–H groups in total. The molecule has 0 spiro atoms. The van der Waals surface area contributed by atoms with E-state index >= 15 is 0 Å². The van der Waals surface area contributed by atoms with E-state index in [0.717, 1.165) is 0 Å². The van der Waals surface area contributed by atoms with Gasteiger partial charge in [-0.3, -0.25) is 0 Å². The summed E-state index contributed by atoms with van der Waals surface area (Å²) in [6.45, 7) is 4.24. The van der Waals surface area contributed by atoms with Crippen LogP contribution in [0.2, 0.25) is 4.44 Å². The molecule has 15 heavy (non-hydrogen) atoms. The summed E-state index contributed by atoms with van der Waals surface area (Å²) in [5.74, 6) is 0. The standard InChI is InChI=1S/C8H10N.C2H5.CH3O.BrH.Sn/c1-7(9)8-5-3-2-4-6-8;2*1-2;;/h2-5,7H,9H2,1H3;1H2,2H3;1H3;1H;/q;;-1;;+2/p-1. The van der Waals surface area contributed by atoms with E-state index in [0.29, 0.717) is 0 Å². The quantitative estimate of drug-likeness (QED) is 0.652. The zero-order valence-corrected chi connectivity index (χ0v) is 13.9. The van der Waals surface area contributed by atoms with Gasteiger partial charge in [0, 0.05) is 0 Å². The van der Waals surface area contributed by atoms with Gasteiger partial charge >= 0.3 is 93.8 Å². The first kappa shape index (κ1) is 15.4. The Morgan fingerprint density at radius 2 is 2.00 bits per heavy atom. The van der Waals surface area contributed by atoms with Crippen molar-refractivity contribution in [3.8, 4) is 0 Å². The summed E-state index contributed by atoms with van der Waals surface area (Å²) in [5, 5.41) is 0. The van der Waals surface area contributed by atoms with Crippen LogP contribution in [0.5, 0.6) is 0 Å². The second kappa shape index (κ2) is 7.65. The second-order valence-electron chi connectivity index (χ2n) is 3.36. The van der Waals surface area contributed by atoms with Gasteiger partial charge in [-0.05, 0) is 0 Å². The summed E-state index contributed by atoms with van der Waals surface area (Å²) >= 11 is -1.80. The van der Waals surface area contributed by atoms with Gasteiger partial charge in [0.2, 0.25) is 0 Å². The molecule has 1 rings (SSSR count). The third-order valence-corrected chi connectivity index (χ3v) is 8.57. The fourth-order valence-electron chi connectivity index (χ4n) is 1.59. The van der Waals surface area contributed by atoms with Gasteiger partial charge in [0.25, 0.3) is 0 Å². The third kappa shape index (κ3) is 4.05. The van der Waals surface area contributed by atoms with Crippen molar-refractivity contribution in [3.05, 3.63) is 29.8 Å². The van der Waals surface area contributed by atoms with Gasteiger partial charge in [-0.25, -0.2) is 0 Å². The Labute approximate surface area is 110 Å². The van der Waals surface area contributed by atoms with Crippen molar-refractivity contribution in [1.82, 2.24) is 0 Å². The molecule has 1 aromatic carbocycles. The molecule has 0 fully saturated rings. The molecule has 1 aromatic rings. The molecule has 0 heterocycles. The van der Waals surface area contributed by atoms with Crippen LogP contribution in [0.3, 0.4) is 0 Å². The molecule has 0 aliphatic carbocycles. The molecular formula is C11H18BrNOSn. The summed E-state index contributed by atoms with van der Waals surface area (Å²) in [5.41, 5.74) is 7.21. The summed E-state index contributed by atoms with van der Waals surface area (Å²) in [7, 11) is 1.83. The molecule has 1 unspecified atom stereocenters. The largest absolute Gasteiger partial charge is 1.00 e. The number of hydrogen-bond donors (Lipinski definition) is 1. The maximum atomic E-state index is 5.94. The van der Waals surface area contributed by atoms with Crippen molar-refractivity contribution < 1.29 is 20.1 Å². The molecule has 1 atom stereocenters. The average Bonchev–Trinajstić information content (AvgIpc) is 2.20. The van der Waals surface area contributed by atoms with Gasteiger partial charge in [0.1, 0.15) is 0 Å². The Morgan fingerprint density at radius 1 is 1.40 bits per heavy atom. The molecular weight excluding hydrogens is 361 g/mol. The normalized spacial score (nSPS) is 11.7. The van der Waals surface area contributed by atoms with Crippen LogP contribution >= 0.6 is 0 Å². The monoisotopic (exact) mass is 379 g/mol. The molecule has 84 valence electrons. The Balaban J connectivity index is 0.00000196. The van der Waals surface area contributed by atoms with Crippen molar-refractivity contribution >= 4 is 23.8 Å². The maximum Gasteiger partial charge on any atom is -1.00 e. The molecule has 0 aliphatic heterocycles. The minimum absolute atomic E-state index is 0. The number of hydrogen-bond acceptors (Lipinski definition) is 2. The van der Waals surface area contributed by atoms with E-state index < -0.39 is 20.2 Å². The van der Waals surface area contributed by atoms with Crippen molar-refractivity contribution in [2.45, 2.75) is 24.3 Å². The molecule has 2 nitrogen and oxygen atoms in total. The zero-order valence-electron chi connectivity index (χ0n) is 9.46. The van der Waals surface area contributed by atoms with Gasteiger partial charge < -0.3 is 17.0 Å². The van der Waals surface area contributed by atoms with Crippen LogP contribution in [0.1, 0.15) is 25.5 Å². The van der Waals surface area contributed by atoms with Gasteiger partial charge in [-0.15, -0.1) is 0 Å². The Bertz CT molecular complexity index is 290. The van der Waals surface area contributed by atoms with E-state index in [9.17, 15) is 0 Å². The molecule has 4 heteroatoms. The van der Waals surface area contributed by atoms with Crippen LogP contribution in [0.4, 0.5) is 0 Å². The smallest absolute Gasteiger partial charge is 1.00 e. The van der Waals surface area contributed by atoms with Crippen molar-refractivity contribution in [3.63, 3.8) is 0 Å². The Kier molecular flexibility index (Phi) is 7.87. The van der Waals surface area contributed by atoms with Gasteiger partial charge in [0.05, 0.1) is 0 Å². The van der Waals surface area contributed by atoms with Gasteiger partial charge in [-0.1, -0.05) is 0 Å². The zero-order chi connectivity index (χ0) is 10.6. The average molecular weight is 379 g/mol. The minimum Gasteiger partial charge on any atom is -1.00 e. The number of rotatable bonds is 4. The molecule has 0 aliphatic rings. The fourth-order valence-corrected chi connectivity index (χ4v) is 6.74. The number of nitrogens with two attached hydrogens (primary N) is 1. The van der Waals surface area contributed by atoms with Crippen molar-refractivity contribution in [2.24, 2.45) is 5.73 Å². The van der Waals surface area contributed by atoms with Gasteiger partial charge in [0.15, 0.2) is 0 Å². The van der Waals surface area contributed by atoms with Crippen LogP contribution in [-0.4, -0.2) is 27.3 Å². The molecule has 0 bridgehead atoms. The van der Waals surface area contributed by atoms with E-state index in [1.807, 2.05) is 20.1 Å². The summed E-state index contributed by atoms with van der Waals surface area (Å²) in [6.07, 6.45) is 0. The first-order chi connectivity index (χ1) is 6.70. The predicted octanol–water partition coefficient (Wildman–Crippen LogP) is -1.42. The summed E-state index contributed by atoms with van der Waals surface area (Å²) in [6, 6.07) is 8.55. The third-order valence-electron chi connectivity index (χ3n) is 2.32. The van der Waals surface area contributed by atoms with E-state index in [2.05, 4.69) is 25.1 Å². The van der Waals surface area contributed by atoms with E-state index in [1.54, 1.807) is 0 Å². The second-order valence-corrected chi connectivity index (χ2v) is 10.5. The van der Waals surface area contributed by atoms with Crippen LogP contribution in [0, 0.1) is 0 Å². The van der Waals surface area contributed by atoms with Crippen LogP contribution in [0.15, 0.2) is 24.3 Å². The van der Waals surface area contributed by atoms with E-state index in [4.69, 9.17) is 8.81 Å². The summed E-state index contributed by atoms with van der Waals surface area (Å²) in [4.78, 5) is 0. The SMILES string of the molecule is C[CH2][Sn+]([O]C)[c]1ccccc1C(C)N.[Br-]. The van der Waals surface area contributed by atoms with Crippen molar-refractivity contribution in [2.75, 3.05) is 7.11 Å². The molecule has 0 radical (unpaired) electrons. The first-order valence-corrected chi connectivity index (χ1v) is 9.56. The topological polar surface area (TPSA) is 35.2 Å². The number of benzene rings is 1. The molecule has 0 saturated carbocycles. The minimum atomic E-state index is -1.80. The maximum absolute atomic E-state index is 5.94. The Hall–Kier alpha value is 0.419. The molecule has 0 aromatic heterocycles. The van der Waals surface area contributed by atoms with Crippen LogP contribution in [0.25, 0.3) is 0 Å². The van der Waals surface area contributed by atoms with Crippen LogP contribution in [-0.2, 0) is 3.07 Å². The first-order valence-electron chi connectivity index (χ1n) is 4.95. The van der Waals surface area contributed by atoms with E-state index in [1.165, 1.54) is 13.6 Å².